The lowest BCUT2D eigenvalue weighted by atomic mass is 9.97. The third-order valence-corrected chi connectivity index (χ3v) is 4.23. The molecule has 0 saturated heterocycles. The zero-order valence-corrected chi connectivity index (χ0v) is 12.8. The Balaban J connectivity index is 1.69. The molecule has 21 heavy (non-hydrogen) atoms. The summed E-state index contributed by atoms with van der Waals surface area (Å²) in [5.41, 5.74) is 4.09. The van der Waals surface area contributed by atoms with Crippen molar-refractivity contribution in [2.24, 2.45) is 0 Å². The first-order chi connectivity index (χ1) is 10.2. The molecule has 2 unspecified atom stereocenters. The molecule has 3 rings (SSSR count). The predicted octanol–water partition coefficient (Wildman–Crippen LogP) is 4.04. The molecule has 0 aliphatic carbocycles. The average Bonchev–Trinajstić information content (AvgIpc) is 2.50. The molecule has 2 atom stereocenters. The number of aryl methyl sites for hydroxylation is 1. The Labute approximate surface area is 127 Å². The molecule has 1 N–H and O–H groups in total. The van der Waals surface area contributed by atoms with Crippen LogP contribution in [0.25, 0.3) is 0 Å². The SMILES string of the molecule is Cc1ccccc1CC(C)NC1CCOc2ccccc21. The second-order valence-electron chi connectivity index (χ2n) is 5.93. The van der Waals surface area contributed by atoms with Crippen molar-refractivity contribution < 1.29 is 4.74 Å². The van der Waals surface area contributed by atoms with Gasteiger partial charge < -0.3 is 10.1 Å². The second-order valence-corrected chi connectivity index (χ2v) is 5.93. The van der Waals surface area contributed by atoms with Gasteiger partial charge in [0.1, 0.15) is 5.75 Å². The maximum Gasteiger partial charge on any atom is 0.124 e. The van der Waals surface area contributed by atoms with E-state index >= 15 is 0 Å². The Morgan fingerprint density at radius 2 is 1.90 bits per heavy atom. The van der Waals surface area contributed by atoms with Crippen molar-refractivity contribution in [3.8, 4) is 5.75 Å². The summed E-state index contributed by atoms with van der Waals surface area (Å²) in [6.45, 7) is 5.25. The van der Waals surface area contributed by atoms with Crippen molar-refractivity contribution in [1.29, 1.82) is 0 Å². The van der Waals surface area contributed by atoms with Crippen molar-refractivity contribution in [3.05, 3.63) is 65.2 Å². The van der Waals surface area contributed by atoms with Crippen LogP contribution < -0.4 is 10.1 Å². The van der Waals surface area contributed by atoms with Crippen molar-refractivity contribution >= 4 is 0 Å². The normalized spacial score (nSPS) is 18.7. The van der Waals surface area contributed by atoms with E-state index in [4.69, 9.17) is 4.74 Å². The molecule has 1 aliphatic heterocycles. The van der Waals surface area contributed by atoms with Crippen molar-refractivity contribution in [1.82, 2.24) is 5.32 Å². The van der Waals surface area contributed by atoms with Gasteiger partial charge in [0.2, 0.25) is 0 Å². The van der Waals surface area contributed by atoms with Gasteiger partial charge in [-0.3, -0.25) is 0 Å². The zero-order chi connectivity index (χ0) is 14.7. The van der Waals surface area contributed by atoms with Crippen LogP contribution in [0.2, 0.25) is 0 Å². The van der Waals surface area contributed by atoms with Gasteiger partial charge in [-0.2, -0.15) is 0 Å². The van der Waals surface area contributed by atoms with Crippen LogP contribution in [0.3, 0.4) is 0 Å². The summed E-state index contributed by atoms with van der Waals surface area (Å²) in [5.74, 6) is 1.03. The number of para-hydroxylation sites is 1. The lowest BCUT2D eigenvalue weighted by Crippen LogP contribution is -2.35. The Morgan fingerprint density at radius 1 is 1.14 bits per heavy atom. The molecule has 2 aromatic carbocycles. The lowest BCUT2D eigenvalue weighted by molar-refractivity contribution is 0.245. The van der Waals surface area contributed by atoms with Crippen molar-refractivity contribution in [2.45, 2.75) is 38.8 Å². The number of fused-ring (bicyclic) bond motifs is 1. The van der Waals surface area contributed by atoms with Crippen LogP contribution in [0, 0.1) is 6.92 Å². The fourth-order valence-corrected chi connectivity index (χ4v) is 3.09. The number of rotatable bonds is 4. The molecule has 2 nitrogen and oxygen atoms in total. The van der Waals surface area contributed by atoms with Crippen LogP contribution in [-0.2, 0) is 6.42 Å². The number of nitrogens with one attached hydrogen (secondary N) is 1. The summed E-state index contributed by atoms with van der Waals surface area (Å²) >= 11 is 0. The maximum absolute atomic E-state index is 5.73. The van der Waals surface area contributed by atoms with Crippen LogP contribution in [0.4, 0.5) is 0 Å². The van der Waals surface area contributed by atoms with E-state index in [1.165, 1.54) is 16.7 Å². The number of hydrogen-bond donors (Lipinski definition) is 1. The molecule has 2 heteroatoms. The van der Waals surface area contributed by atoms with Crippen LogP contribution >= 0.6 is 0 Å². The first-order valence-corrected chi connectivity index (χ1v) is 7.76. The minimum Gasteiger partial charge on any atom is -0.493 e. The fraction of sp³-hybridized carbons (Fsp3) is 0.368. The van der Waals surface area contributed by atoms with Gasteiger partial charge in [-0.25, -0.2) is 0 Å². The van der Waals surface area contributed by atoms with E-state index in [0.29, 0.717) is 12.1 Å². The van der Waals surface area contributed by atoms with E-state index in [0.717, 1.165) is 25.2 Å². The highest BCUT2D eigenvalue weighted by atomic mass is 16.5. The highest BCUT2D eigenvalue weighted by molar-refractivity contribution is 5.37. The smallest absolute Gasteiger partial charge is 0.124 e. The van der Waals surface area contributed by atoms with Crippen molar-refractivity contribution in [2.75, 3.05) is 6.61 Å². The van der Waals surface area contributed by atoms with Crippen LogP contribution in [-0.4, -0.2) is 12.6 Å². The highest BCUT2D eigenvalue weighted by Gasteiger charge is 2.22. The van der Waals surface area contributed by atoms with E-state index in [9.17, 15) is 0 Å². The predicted molar refractivity (Wildman–Crippen MR) is 86.8 cm³/mol. The van der Waals surface area contributed by atoms with E-state index in [1.807, 2.05) is 6.07 Å². The lowest BCUT2D eigenvalue weighted by Gasteiger charge is -2.29. The molecule has 0 fully saturated rings. The van der Waals surface area contributed by atoms with Crippen LogP contribution in [0.5, 0.6) is 5.75 Å². The zero-order valence-electron chi connectivity index (χ0n) is 12.8. The molecule has 0 amide bonds. The summed E-state index contributed by atoms with van der Waals surface area (Å²) in [5, 5.41) is 3.77. The maximum atomic E-state index is 5.73. The Morgan fingerprint density at radius 3 is 2.76 bits per heavy atom. The van der Waals surface area contributed by atoms with Gasteiger partial charge in [-0.15, -0.1) is 0 Å². The molecule has 0 saturated carbocycles. The molecule has 0 spiro atoms. The summed E-state index contributed by atoms with van der Waals surface area (Å²) in [6, 6.07) is 17.9. The minimum absolute atomic E-state index is 0.397. The number of ether oxygens (including phenoxy) is 1. The second kappa shape index (κ2) is 6.31. The van der Waals surface area contributed by atoms with Gasteiger partial charge in [0, 0.05) is 24.1 Å². The summed E-state index contributed by atoms with van der Waals surface area (Å²) in [4.78, 5) is 0. The Bertz CT molecular complexity index is 608. The largest absolute Gasteiger partial charge is 0.493 e. The molecule has 1 aliphatic rings. The Kier molecular flexibility index (Phi) is 4.26. The standard InChI is InChI=1S/C19H23NO/c1-14-7-3-4-8-16(14)13-15(2)20-18-11-12-21-19-10-6-5-9-17(18)19/h3-10,15,18,20H,11-13H2,1-2H3. The van der Waals surface area contributed by atoms with Gasteiger partial charge in [0.05, 0.1) is 6.61 Å². The number of benzene rings is 2. The molecule has 0 aromatic heterocycles. The summed E-state index contributed by atoms with van der Waals surface area (Å²) in [7, 11) is 0. The van der Waals surface area contributed by atoms with Crippen LogP contribution in [0.1, 0.15) is 36.1 Å². The Hall–Kier alpha value is -1.80. The van der Waals surface area contributed by atoms with E-state index in [1.54, 1.807) is 0 Å². The first-order valence-electron chi connectivity index (χ1n) is 7.76. The van der Waals surface area contributed by atoms with Gasteiger partial charge >= 0.3 is 0 Å². The molecular weight excluding hydrogens is 258 g/mol. The molecule has 110 valence electrons. The molecule has 0 radical (unpaired) electrons. The van der Waals surface area contributed by atoms with Crippen molar-refractivity contribution in [3.63, 3.8) is 0 Å². The average molecular weight is 281 g/mol. The molecule has 1 heterocycles. The van der Waals surface area contributed by atoms with E-state index < -0.39 is 0 Å². The highest BCUT2D eigenvalue weighted by Crippen LogP contribution is 2.32. The van der Waals surface area contributed by atoms with Crippen LogP contribution in [0.15, 0.2) is 48.5 Å². The third kappa shape index (κ3) is 3.27. The molecule has 2 aromatic rings. The topological polar surface area (TPSA) is 21.3 Å². The van der Waals surface area contributed by atoms with Gasteiger partial charge in [0.15, 0.2) is 0 Å². The fourth-order valence-electron chi connectivity index (χ4n) is 3.09. The first kappa shape index (κ1) is 14.2. The van der Waals surface area contributed by atoms with Gasteiger partial charge in [0.25, 0.3) is 0 Å². The monoisotopic (exact) mass is 281 g/mol. The number of hydrogen-bond acceptors (Lipinski definition) is 2. The quantitative estimate of drug-likeness (QED) is 0.913. The molecule has 0 bridgehead atoms. The molecular formula is C19H23NO. The van der Waals surface area contributed by atoms with E-state index in [-0.39, 0.29) is 0 Å². The minimum atomic E-state index is 0.397. The van der Waals surface area contributed by atoms with Gasteiger partial charge in [-0.1, -0.05) is 42.5 Å². The van der Waals surface area contributed by atoms with Gasteiger partial charge in [-0.05, 0) is 37.5 Å². The third-order valence-electron chi connectivity index (χ3n) is 4.23. The summed E-state index contributed by atoms with van der Waals surface area (Å²) < 4.78 is 5.73. The summed E-state index contributed by atoms with van der Waals surface area (Å²) in [6.07, 6.45) is 2.10. The van der Waals surface area contributed by atoms with E-state index in [2.05, 4.69) is 61.6 Å².